The molecule has 2 fully saturated rings. The van der Waals surface area contributed by atoms with E-state index in [9.17, 15) is 4.79 Å². The molecule has 0 saturated carbocycles. The molecule has 126 valence electrons. The minimum atomic E-state index is -0.231. The number of carbonyl (C=O) groups is 1. The maximum atomic E-state index is 12.3. The first-order valence-corrected chi connectivity index (χ1v) is 8.85. The van der Waals surface area contributed by atoms with Gasteiger partial charge in [0, 0.05) is 37.0 Å². The summed E-state index contributed by atoms with van der Waals surface area (Å²) in [7, 11) is 1.75. The van der Waals surface area contributed by atoms with E-state index in [1.165, 1.54) is 0 Å². The Morgan fingerprint density at radius 1 is 1.48 bits per heavy atom. The number of methoxy groups -OCH3 is 1. The summed E-state index contributed by atoms with van der Waals surface area (Å²) < 4.78 is 12.7. The van der Waals surface area contributed by atoms with Crippen molar-refractivity contribution in [2.75, 3.05) is 38.7 Å². The molecule has 6 heteroatoms. The largest absolute Gasteiger partial charge is 0.378 e. The molecule has 2 aliphatic heterocycles. The van der Waals surface area contributed by atoms with E-state index >= 15 is 0 Å². The van der Waals surface area contributed by atoms with Crippen molar-refractivity contribution in [3.05, 3.63) is 28.7 Å². The van der Waals surface area contributed by atoms with E-state index in [-0.39, 0.29) is 17.6 Å². The predicted molar refractivity (Wildman–Crippen MR) is 92.5 cm³/mol. The zero-order valence-corrected chi connectivity index (χ0v) is 15.0. The fraction of sp³-hybridized carbons (Fsp3) is 0.588. The van der Waals surface area contributed by atoms with Crippen molar-refractivity contribution < 1.29 is 14.3 Å². The summed E-state index contributed by atoms with van der Waals surface area (Å²) in [4.78, 5) is 14.5. The summed E-state index contributed by atoms with van der Waals surface area (Å²) in [6.45, 7) is 2.80. The van der Waals surface area contributed by atoms with Gasteiger partial charge in [0.25, 0.3) is 0 Å². The molecule has 0 radical (unpaired) electrons. The summed E-state index contributed by atoms with van der Waals surface area (Å²) in [6, 6.07) is 7.61. The Balaban J connectivity index is 1.57. The lowest BCUT2D eigenvalue weighted by Gasteiger charge is -2.44. The lowest BCUT2D eigenvalue weighted by molar-refractivity contribution is -0.146. The van der Waals surface area contributed by atoms with E-state index in [1.807, 2.05) is 24.3 Å². The summed E-state index contributed by atoms with van der Waals surface area (Å²) in [5, 5.41) is 2.95. The molecular formula is C17H23BrN2O3. The third kappa shape index (κ3) is 3.94. The van der Waals surface area contributed by atoms with Gasteiger partial charge in [0.1, 0.15) is 5.60 Å². The zero-order chi connectivity index (χ0) is 16.3. The second kappa shape index (κ2) is 7.30. The maximum Gasteiger partial charge on any atom is 0.238 e. The number of amides is 1. The van der Waals surface area contributed by atoms with E-state index in [4.69, 9.17) is 9.47 Å². The summed E-state index contributed by atoms with van der Waals surface area (Å²) in [6.07, 6.45) is 3.12. The number of carbonyl (C=O) groups excluding carboxylic acids is 1. The van der Waals surface area contributed by atoms with Crippen molar-refractivity contribution in [3.63, 3.8) is 0 Å². The van der Waals surface area contributed by atoms with E-state index in [2.05, 4.69) is 26.1 Å². The molecule has 2 heterocycles. The molecule has 23 heavy (non-hydrogen) atoms. The quantitative estimate of drug-likeness (QED) is 0.869. The molecule has 2 atom stereocenters. The number of halogens is 1. The number of piperidine rings is 1. The molecule has 0 bridgehead atoms. The van der Waals surface area contributed by atoms with Gasteiger partial charge >= 0.3 is 0 Å². The fourth-order valence-corrected chi connectivity index (χ4v) is 3.89. The minimum absolute atomic E-state index is 0.0105. The summed E-state index contributed by atoms with van der Waals surface area (Å²) in [5.74, 6) is 0.0105. The van der Waals surface area contributed by atoms with Crippen LogP contribution in [0.25, 0.3) is 0 Å². The Morgan fingerprint density at radius 2 is 2.26 bits per heavy atom. The Kier molecular flexibility index (Phi) is 5.36. The van der Waals surface area contributed by atoms with Gasteiger partial charge in [-0.05, 0) is 43.5 Å². The lowest BCUT2D eigenvalue weighted by atomic mass is 9.87. The van der Waals surface area contributed by atoms with Gasteiger partial charge < -0.3 is 14.8 Å². The number of nitrogens with zero attached hydrogens (tertiary/aromatic N) is 1. The average molecular weight is 383 g/mol. The molecule has 0 aliphatic carbocycles. The Hall–Kier alpha value is -0.950. The number of anilines is 1. The number of likely N-dealkylation sites (tertiary alicyclic amines) is 1. The smallest absolute Gasteiger partial charge is 0.238 e. The summed E-state index contributed by atoms with van der Waals surface area (Å²) in [5.41, 5.74) is 0.585. The van der Waals surface area contributed by atoms with Crippen LogP contribution in [0.5, 0.6) is 0 Å². The number of benzene rings is 1. The van der Waals surface area contributed by atoms with Crippen LogP contribution in [-0.2, 0) is 14.3 Å². The van der Waals surface area contributed by atoms with Crippen molar-refractivity contribution in [3.8, 4) is 0 Å². The third-order valence-electron chi connectivity index (χ3n) is 4.70. The SMILES string of the molecule is CO[C@@H]1CCN(CC(=O)Nc2ccc(Br)cc2)C[C@]12CCCO2. The highest BCUT2D eigenvalue weighted by atomic mass is 79.9. The van der Waals surface area contributed by atoms with Gasteiger partial charge in [-0.3, -0.25) is 9.69 Å². The molecule has 5 nitrogen and oxygen atoms in total. The van der Waals surface area contributed by atoms with Crippen LogP contribution < -0.4 is 5.32 Å². The summed E-state index contributed by atoms with van der Waals surface area (Å²) >= 11 is 3.39. The average Bonchev–Trinajstić information content (AvgIpc) is 2.98. The highest BCUT2D eigenvalue weighted by Crippen LogP contribution is 2.36. The van der Waals surface area contributed by atoms with Gasteiger partial charge in [-0.2, -0.15) is 0 Å². The van der Waals surface area contributed by atoms with Crippen molar-refractivity contribution in [1.82, 2.24) is 4.90 Å². The van der Waals surface area contributed by atoms with Crippen molar-refractivity contribution in [1.29, 1.82) is 0 Å². The molecule has 0 aromatic heterocycles. The van der Waals surface area contributed by atoms with Gasteiger partial charge in [0.2, 0.25) is 5.91 Å². The van der Waals surface area contributed by atoms with Gasteiger partial charge in [-0.15, -0.1) is 0 Å². The monoisotopic (exact) mass is 382 g/mol. The first-order chi connectivity index (χ1) is 11.1. The predicted octanol–water partition coefficient (Wildman–Crippen LogP) is 2.66. The second-order valence-corrected chi connectivity index (χ2v) is 7.21. The van der Waals surface area contributed by atoms with Gasteiger partial charge in [-0.1, -0.05) is 15.9 Å². The Labute approximate surface area is 145 Å². The maximum absolute atomic E-state index is 12.3. The molecule has 1 amide bonds. The van der Waals surface area contributed by atoms with E-state index in [0.29, 0.717) is 6.54 Å². The number of hydrogen-bond donors (Lipinski definition) is 1. The normalized spacial score (nSPS) is 28.2. The first-order valence-electron chi connectivity index (χ1n) is 8.06. The van der Waals surface area contributed by atoms with Gasteiger partial charge in [0.05, 0.1) is 12.6 Å². The molecule has 0 unspecified atom stereocenters. The van der Waals surface area contributed by atoms with Gasteiger partial charge in [-0.25, -0.2) is 0 Å². The Morgan fingerprint density at radius 3 is 2.91 bits per heavy atom. The third-order valence-corrected chi connectivity index (χ3v) is 5.23. The first kappa shape index (κ1) is 16.9. The molecule has 1 N–H and O–H groups in total. The van der Waals surface area contributed by atoms with Crippen LogP contribution in [0.4, 0.5) is 5.69 Å². The van der Waals surface area contributed by atoms with E-state index < -0.39 is 0 Å². The van der Waals surface area contributed by atoms with E-state index in [1.54, 1.807) is 7.11 Å². The molecule has 1 spiro atoms. The highest BCUT2D eigenvalue weighted by molar-refractivity contribution is 9.10. The Bertz CT molecular complexity index is 543. The van der Waals surface area contributed by atoms with Crippen LogP contribution in [0.3, 0.4) is 0 Å². The standard InChI is InChI=1S/C17H23BrN2O3/c1-22-15-7-9-20(12-17(15)8-2-10-23-17)11-16(21)19-14-5-3-13(18)4-6-14/h3-6,15H,2,7-12H2,1H3,(H,19,21)/t15-,17-/m1/s1. The number of rotatable bonds is 4. The van der Waals surface area contributed by atoms with Crippen LogP contribution in [0, 0.1) is 0 Å². The van der Waals surface area contributed by atoms with E-state index in [0.717, 1.165) is 49.1 Å². The van der Waals surface area contributed by atoms with Crippen LogP contribution in [-0.4, -0.2) is 55.9 Å². The molecule has 2 saturated heterocycles. The molecule has 2 aliphatic rings. The van der Waals surface area contributed by atoms with Crippen LogP contribution in [0.1, 0.15) is 19.3 Å². The second-order valence-electron chi connectivity index (χ2n) is 6.30. The van der Waals surface area contributed by atoms with Crippen LogP contribution in [0.15, 0.2) is 28.7 Å². The fourth-order valence-electron chi connectivity index (χ4n) is 3.62. The number of nitrogens with one attached hydrogen (secondary N) is 1. The number of ether oxygens (including phenoxy) is 2. The van der Waals surface area contributed by atoms with Gasteiger partial charge in [0.15, 0.2) is 0 Å². The molecule has 1 aromatic rings. The zero-order valence-electron chi connectivity index (χ0n) is 13.4. The topological polar surface area (TPSA) is 50.8 Å². The van der Waals surface area contributed by atoms with Crippen LogP contribution >= 0.6 is 15.9 Å². The highest BCUT2D eigenvalue weighted by Gasteiger charge is 2.47. The minimum Gasteiger partial charge on any atom is -0.378 e. The van der Waals surface area contributed by atoms with Crippen molar-refractivity contribution >= 4 is 27.5 Å². The van der Waals surface area contributed by atoms with Crippen LogP contribution in [0.2, 0.25) is 0 Å². The van der Waals surface area contributed by atoms with Crippen molar-refractivity contribution in [2.45, 2.75) is 31.0 Å². The molecule has 1 aromatic carbocycles. The lowest BCUT2D eigenvalue weighted by Crippen LogP contribution is -2.58. The van der Waals surface area contributed by atoms with Crippen molar-refractivity contribution in [2.24, 2.45) is 0 Å². The number of hydrogen-bond acceptors (Lipinski definition) is 4. The molecule has 3 rings (SSSR count). The molecular weight excluding hydrogens is 360 g/mol.